The lowest BCUT2D eigenvalue weighted by molar-refractivity contribution is 0.121. The summed E-state index contributed by atoms with van der Waals surface area (Å²) in [7, 11) is 0. The van der Waals surface area contributed by atoms with Crippen molar-refractivity contribution >= 4 is 17.3 Å². The van der Waals surface area contributed by atoms with E-state index in [-0.39, 0.29) is 0 Å². The SMILES string of the molecule is C[C@@H]1OCC[C@@H]1Nc1ccc(Cl)cc1. The van der Waals surface area contributed by atoms with E-state index in [0.29, 0.717) is 12.1 Å². The first-order valence-electron chi connectivity index (χ1n) is 4.89. The minimum atomic E-state index is 0.297. The number of hydrogen-bond donors (Lipinski definition) is 1. The van der Waals surface area contributed by atoms with E-state index in [9.17, 15) is 0 Å². The fourth-order valence-electron chi connectivity index (χ4n) is 1.68. The number of rotatable bonds is 2. The molecule has 0 aliphatic carbocycles. The highest BCUT2D eigenvalue weighted by atomic mass is 35.5. The van der Waals surface area contributed by atoms with E-state index in [1.54, 1.807) is 0 Å². The fraction of sp³-hybridized carbons (Fsp3) is 0.455. The van der Waals surface area contributed by atoms with Gasteiger partial charge in [0.15, 0.2) is 0 Å². The first-order chi connectivity index (χ1) is 6.75. The number of hydrogen-bond acceptors (Lipinski definition) is 2. The van der Waals surface area contributed by atoms with Gasteiger partial charge in [-0.15, -0.1) is 0 Å². The van der Waals surface area contributed by atoms with Crippen LogP contribution in [0.15, 0.2) is 24.3 Å². The first kappa shape index (κ1) is 9.81. The molecule has 1 aliphatic rings. The Labute approximate surface area is 89.2 Å². The summed E-state index contributed by atoms with van der Waals surface area (Å²) in [4.78, 5) is 0. The smallest absolute Gasteiger partial charge is 0.0748 e. The molecule has 1 aromatic rings. The number of nitrogens with one attached hydrogen (secondary N) is 1. The summed E-state index contributed by atoms with van der Waals surface area (Å²) in [6, 6.07) is 8.20. The second-order valence-electron chi connectivity index (χ2n) is 3.62. The van der Waals surface area contributed by atoms with E-state index in [1.165, 1.54) is 0 Å². The van der Waals surface area contributed by atoms with E-state index in [0.717, 1.165) is 23.7 Å². The van der Waals surface area contributed by atoms with Gasteiger partial charge in [0, 0.05) is 17.3 Å². The molecular weight excluding hydrogens is 198 g/mol. The molecule has 76 valence electrons. The Morgan fingerprint density at radius 3 is 2.64 bits per heavy atom. The lowest BCUT2D eigenvalue weighted by Gasteiger charge is -2.17. The molecule has 0 amide bonds. The Kier molecular flexibility index (Phi) is 2.94. The summed E-state index contributed by atoms with van der Waals surface area (Å²) in [6.45, 7) is 2.95. The van der Waals surface area contributed by atoms with Crippen molar-refractivity contribution in [2.24, 2.45) is 0 Å². The van der Waals surface area contributed by atoms with Gasteiger partial charge >= 0.3 is 0 Å². The zero-order valence-electron chi connectivity index (χ0n) is 8.16. The highest BCUT2D eigenvalue weighted by molar-refractivity contribution is 6.30. The maximum Gasteiger partial charge on any atom is 0.0748 e. The number of halogens is 1. The van der Waals surface area contributed by atoms with Crippen LogP contribution in [0.4, 0.5) is 5.69 Å². The molecule has 0 bridgehead atoms. The maximum atomic E-state index is 5.80. The molecule has 1 N–H and O–H groups in total. The average molecular weight is 212 g/mol. The molecule has 1 saturated heterocycles. The molecule has 14 heavy (non-hydrogen) atoms. The number of benzene rings is 1. The Balaban J connectivity index is 2.00. The van der Waals surface area contributed by atoms with Gasteiger partial charge in [0.2, 0.25) is 0 Å². The quantitative estimate of drug-likeness (QED) is 0.812. The Hall–Kier alpha value is -0.730. The molecule has 1 aliphatic heterocycles. The molecule has 2 rings (SSSR count). The second kappa shape index (κ2) is 4.20. The van der Waals surface area contributed by atoms with Crippen molar-refractivity contribution in [3.63, 3.8) is 0 Å². The Morgan fingerprint density at radius 2 is 2.07 bits per heavy atom. The lowest BCUT2D eigenvalue weighted by Crippen LogP contribution is -2.26. The minimum absolute atomic E-state index is 0.297. The number of ether oxygens (including phenoxy) is 1. The predicted molar refractivity (Wildman–Crippen MR) is 58.9 cm³/mol. The van der Waals surface area contributed by atoms with Crippen LogP contribution in [0.25, 0.3) is 0 Å². The third kappa shape index (κ3) is 2.20. The van der Waals surface area contributed by atoms with Crippen LogP contribution in [0.2, 0.25) is 5.02 Å². The van der Waals surface area contributed by atoms with Gasteiger partial charge in [-0.25, -0.2) is 0 Å². The molecule has 1 heterocycles. The van der Waals surface area contributed by atoms with Crippen molar-refractivity contribution < 1.29 is 4.74 Å². The van der Waals surface area contributed by atoms with E-state index in [1.807, 2.05) is 24.3 Å². The zero-order chi connectivity index (χ0) is 9.97. The third-order valence-electron chi connectivity index (χ3n) is 2.57. The van der Waals surface area contributed by atoms with Crippen LogP contribution in [-0.4, -0.2) is 18.8 Å². The van der Waals surface area contributed by atoms with Crippen LogP contribution in [0.1, 0.15) is 13.3 Å². The van der Waals surface area contributed by atoms with Crippen LogP contribution in [0, 0.1) is 0 Å². The molecule has 0 spiro atoms. The van der Waals surface area contributed by atoms with Crippen LogP contribution in [-0.2, 0) is 4.74 Å². The van der Waals surface area contributed by atoms with Gasteiger partial charge in [-0.2, -0.15) is 0 Å². The molecule has 0 aromatic heterocycles. The van der Waals surface area contributed by atoms with Crippen LogP contribution in [0.3, 0.4) is 0 Å². The molecule has 0 unspecified atom stereocenters. The van der Waals surface area contributed by atoms with Crippen molar-refractivity contribution in [3.8, 4) is 0 Å². The van der Waals surface area contributed by atoms with Gasteiger partial charge in [0.05, 0.1) is 12.1 Å². The maximum absolute atomic E-state index is 5.80. The summed E-state index contributed by atoms with van der Waals surface area (Å²) in [5, 5.41) is 4.20. The molecule has 2 nitrogen and oxygen atoms in total. The van der Waals surface area contributed by atoms with Gasteiger partial charge in [-0.1, -0.05) is 11.6 Å². The topological polar surface area (TPSA) is 21.3 Å². The summed E-state index contributed by atoms with van der Waals surface area (Å²) in [6.07, 6.45) is 1.37. The van der Waals surface area contributed by atoms with E-state index in [4.69, 9.17) is 16.3 Å². The summed E-state index contributed by atoms with van der Waals surface area (Å²) >= 11 is 5.80. The molecule has 0 saturated carbocycles. The molecule has 1 fully saturated rings. The van der Waals surface area contributed by atoms with Crippen molar-refractivity contribution in [2.45, 2.75) is 25.5 Å². The minimum Gasteiger partial charge on any atom is -0.380 e. The van der Waals surface area contributed by atoms with Gasteiger partial charge in [-0.3, -0.25) is 0 Å². The van der Waals surface area contributed by atoms with Crippen LogP contribution in [0.5, 0.6) is 0 Å². The van der Waals surface area contributed by atoms with E-state index >= 15 is 0 Å². The molecular formula is C11H14ClNO. The molecule has 0 radical (unpaired) electrons. The highest BCUT2D eigenvalue weighted by Gasteiger charge is 2.23. The average Bonchev–Trinajstić information content (AvgIpc) is 2.56. The van der Waals surface area contributed by atoms with Crippen LogP contribution >= 0.6 is 11.6 Å². The standard InChI is InChI=1S/C11H14ClNO/c1-8-11(6-7-14-8)13-10-4-2-9(12)3-5-10/h2-5,8,11,13H,6-7H2,1H3/t8-,11-/m0/s1. The Morgan fingerprint density at radius 1 is 1.36 bits per heavy atom. The third-order valence-corrected chi connectivity index (χ3v) is 2.82. The lowest BCUT2D eigenvalue weighted by atomic mass is 10.1. The monoisotopic (exact) mass is 211 g/mol. The van der Waals surface area contributed by atoms with E-state index in [2.05, 4.69) is 12.2 Å². The largest absolute Gasteiger partial charge is 0.380 e. The molecule has 1 aromatic carbocycles. The molecule has 2 atom stereocenters. The number of anilines is 1. The van der Waals surface area contributed by atoms with Crippen LogP contribution < -0.4 is 5.32 Å². The van der Waals surface area contributed by atoms with Crippen molar-refractivity contribution in [2.75, 3.05) is 11.9 Å². The van der Waals surface area contributed by atoms with Crippen molar-refractivity contribution in [3.05, 3.63) is 29.3 Å². The summed E-state index contributed by atoms with van der Waals surface area (Å²) in [5.74, 6) is 0. The highest BCUT2D eigenvalue weighted by Crippen LogP contribution is 2.20. The van der Waals surface area contributed by atoms with E-state index < -0.39 is 0 Å². The second-order valence-corrected chi connectivity index (χ2v) is 4.06. The van der Waals surface area contributed by atoms with Crippen molar-refractivity contribution in [1.29, 1.82) is 0 Å². The fourth-order valence-corrected chi connectivity index (χ4v) is 1.81. The summed E-state index contributed by atoms with van der Waals surface area (Å²) < 4.78 is 5.47. The molecule has 3 heteroatoms. The van der Waals surface area contributed by atoms with Crippen molar-refractivity contribution in [1.82, 2.24) is 0 Å². The van der Waals surface area contributed by atoms with Gasteiger partial charge in [-0.05, 0) is 37.6 Å². The predicted octanol–water partition coefficient (Wildman–Crippen LogP) is 2.93. The summed E-state index contributed by atoms with van der Waals surface area (Å²) in [5.41, 5.74) is 1.11. The van der Waals surface area contributed by atoms with Gasteiger partial charge in [0.1, 0.15) is 0 Å². The Bertz CT molecular complexity index is 299. The normalized spacial score (nSPS) is 26.4. The zero-order valence-corrected chi connectivity index (χ0v) is 8.92. The first-order valence-corrected chi connectivity index (χ1v) is 5.27. The van der Waals surface area contributed by atoms with Gasteiger partial charge < -0.3 is 10.1 Å². The van der Waals surface area contributed by atoms with Gasteiger partial charge in [0.25, 0.3) is 0 Å².